The number of hydrogen-bond acceptors (Lipinski definition) is 2. The van der Waals surface area contributed by atoms with Gasteiger partial charge in [0.2, 0.25) is 0 Å². The topological polar surface area (TPSA) is 25.2 Å². The maximum absolute atomic E-state index is 12.8. The average molecular weight is 362 g/mol. The molecule has 0 saturated heterocycles. The zero-order valence-corrected chi connectivity index (χ0v) is 13.0. The monoisotopic (exact) mass is 361 g/mol. The molecule has 0 unspecified atom stereocenters. The lowest BCUT2D eigenvalue weighted by Gasteiger charge is -2.09. The summed E-state index contributed by atoms with van der Waals surface area (Å²) < 4.78 is 44.5. The van der Waals surface area contributed by atoms with E-state index < -0.39 is 11.7 Å². The van der Waals surface area contributed by atoms with Crippen molar-refractivity contribution >= 4 is 15.9 Å². The second-order valence-electron chi connectivity index (χ2n) is 4.64. The predicted octanol–water partition coefficient (Wildman–Crippen LogP) is 5.23. The number of nitrogens with one attached hydrogen (secondary N) is 1. The quantitative estimate of drug-likeness (QED) is 0.737. The predicted molar refractivity (Wildman–Crippen MR) is 78.8 cm³/mol. The summed E-state index contributed by atoms with van der Waals surface area (Å²) in [5.41, 5.74) is -0.297. The Bertz CT molecular complexity index is 607. The maximum atomic E-state index is 12.8. The molecule has 0 aliphatic rings. The summed E-state index contributed by atoms with van der Waals surface area (Å²) in [6.45, 7) is 3.48. The van der Waals surface area contributed by atoms with Gasteiger partial charge < -0.3 is 9.73 Å². The average Bonchev–Trinajstić information content (AvgIpc) is 2.87. The van der Waals surface area contributed by atoms with Crippen LogP contribution in [0.1, 0.15) is 24.7 Å². The first-order chi connectivity index (χ1) is 9.91. The molecule has 1 heterocycles. The number of alkyl halides is 3. The number of benzene rings is 1. The van der Waals surface area contributed by atoms with Crippen molar-refractivity contribution in [3.8, 4) is 11.3 Å². The molecule has 21 heavy (non-hydrogen) atoms. The zero-order chi connectivity index (χ0) is 15.5. The van der Waals surface area contributed by atoms with Crippen LogP contribution >= 0.6 is 15.9 Å². The third-order valence-corrected chi connectivity index (χ3v) is 3.64. The Kier molecular flexibility index (Phi) is 5.11. The molecule has 0 atom stereocenters. The lowest BCUT2D eigenvalue weighted by atomic mass is 10.1. The van der Waals surface area contributed by atoms with Crippen LogP contribution in [0.5, 0.6) is 0 Å². The molecule has 1 aromatic carbocycles. The zero-order valence-electron chi connectivity index (χ0n) is 11.4. The first-order valence-electron chi connectivity index (χ1n) is 6.58. The molecule has 2 aromatic rings. The Morgan fingerprint density at radius 1 is 1.19 bits per heavy atom. The molecule has 1 aromatic heterocycles. The third kappa shape index (κ3) is 4.11. The summed E-state index contributed by atoms with van der Waals surface area (Å²) in [5.74, 6) is 1.11. The van der Waals surface area contributed by atoms with Crippen LogP contribution in [-0.2, 0) is 12.7 Å². The van der Waals surface area contributed by atoms with Gasteiger partial charge in [-0.15, -0.1) is 0 Å². The van der Waals surface area contributed by atoms with Gasteiger partial charge in [0.05, 0.1) is 12.1 Å². The van der Waals surface area contributed by atoms with Crippen LogP contribution in [0.15, 0.2) is 39.2 Å². The molecule has 0 radical (unpaired) electrons. The first kappa shape index (κ1) is 16.1. The molecule has 0 aliphatic carbocycles. The van der Waals surface area contributed by atoms with Gasteiger partial charge in [0.1, 0.15) is 11.5 Å². The smallest absolute Gasteiger partial charge is 0.416 e. The Labute approximate surface area is 129 Å². The van der Waals surface area contributed by atoms with Crippen LogP contribution in [0.4, 0.5) is 13.2 Å². The molecule has 0 spiro atoms. The van der Waals surface area contributed by atoms with Gasteiger partial charge in [-0.05, 0) is 43.3 Å². The van der Waals surface area contributed by atoms with Gasteiger partial charge in [-0.3, -0.25) is 0 Å². The normalized spacial score (nSPS) is 11.9. The second kappa shape index (κ2) is 6.66. The second-order valence-corrected chi connectivity index (χ2v) is 5.49. The van der Waals surface area contributed by atoms with E-state index in [1.54, 1.807) is 12.1 Å². The Balaban J connectivity index is 2.25. The fourth-order valence-corrected chi connectivity index (χ4v) is 2.34. The molecule has 0 fully saturated rings. The molecule has 0 amide bonds. The standard InChI is InChI=1S/C15H15BrF3NO/c1-2-7-20-9-11-4-6-14(21-11)12-8-10(15(17,18)19)3-5-13(12)16/h3-6,8,20H,2,7,9H2,1H3. The van der Waals surface area contributed by atoms with Crippen LogP contribution in [0, 0.1) is 0 Å². The Hall–Kier alpha value is -1.27. The van der Waals surface area contributed by atoms with Gasteiger partial charge in [0.25, 0.3) is 0 Å². The van der Waals surface area contributed by atoms with Crippen molar-refractivity contribution in [2.75, 3.05) is 6.54 Å². The third-order valence-electron chi connectivity index (χ3n) is 2.95. The van der Waals surface area contributed by atoms with Crippen LogP contribution in [0.3, 0.4) is 0 Å². The summed E-state index contributed by atoms with van der Waals surface area (Å²) >= 11 is 3.26. The largest absolute Gasteiger partial charge is 0.460 e. The molecular weight excluding hydrogens is 347 g/mol. The van der Waals surface area contributed by atoms with Crippen molar-refractivity contribution in [1.82, 2.24) is 5.32 Å². The van der Waals surface area contributed by atoms with E-state index in [1.807, 2.05) is 0 Å². The van der Waals surface area contributed by atoms with Crippen molar-refractivity contribution in [1.29, 1.82) is 0 Å². The van der Waals surface area contributed by atoms with Gasteiger partial charge in [0, 0.05) is 10.0 Å². The lowest BCUT2D eigenvalue weighted by Crippen LogP contribution is -2.12. The number of halogens is 4. The summed E-state index contributed by atoms with van der Waals surface area (Å²) in [7, 11) is 0. The van der Waals surface area contributed by atoms with Gasteiger partial charge in [0.15, 0.2) is 0 Å². The number of furan rings is 1. The Morgan fingerprint density at radius 3 is 2.62 bits per heavy atom. The van der Waals surface area contributed by atoms with Gasteiger partial charge in [-0.25, -0.2) is 0 Å². The molecule has 0 saturated carbocycles. The number of hydrogen-bond donors (Lipinski definition) is 1. The van der Waals surface area contributed by atoms with Crippen molar-refractivity contribution in [3.63, 3.8) is 0 Å². The van der Waals surface area contributed by atoms with Gasteiger partial charge in [-0.2, -0.15) is 13.2 Å². The fraction of sp³-hybridized carbons (Fsp3) is 0.333. The molecule has 114 valence electrons. The van der Waals surface area contributed by atoms with E-state index in [0.29, 0.717) is 28.1 Å². The number of rotatable bonds is 5. The first-order valence-corrected chi connectivity index (χ1v) is 7.37. The minimum absolute atomic E-state index is 0.395. The minimum atomic E-state index is -4.37. The fourth-order valence-electron chi connectivity index (χ4n) is 1.90. The summed E-state index contributed by atoms with van der Waals surface area (Å²) in [6, 6.07) is 6.97. The van der Waals surface area contributed by atoms with E-state index in [-0.39, 0.29) is 0 Å². The van der Waals surface area contributed by atoms with E-state index in [0.717, 1.165) is 25.1 Å². The molecule has 6 heteroatoms. The highest BCUT2D eigenvalue weighted by molar-refractivity contribution is 9.10. The maximum Gasteiger partial charge on any atom is 0.416 e. The summed E-state index contributed by atoms with van der Waals surface area (Å²) in [4.78, 5) is 0. The molecule has 2 rings (SSSR count). The molecule has 2 nitrogen and oxygen atoms in total. The van der Waals surface area contributed by atoms with Crippen LogP contribution in [-0.4, -0.2) is 6.54 Å². The minimum Gasteiger partial charge on any atom is -0.460 e. The van der Waals surface area contributed by atoms with Crippen molar-refractivity contribution in [3.05, 3.63) is 46.1 Å². The van der Waals surface area contributed by atoms with E-state index >= 15 is 0 Å². The highest BCUT2D eigenvalue weighted by Gasteiger charge is 2.31. The highest BCUT2D eigenvalue weighted by Crippen LogP contribution is 2.36. The van der Waals surface area contributed by atoms with Crippen LogP contribution in [0.25, 0.3) is 11.3 Å². The van der Waals surface area contributed by atoms with E-state index in [1.165, 1.54) is 6.07 Å². The Morgan fingerprint density at radius 2 is 1.95 bits per heavy atom. The lowest BCUT2D eigenvalue weighted by molar-refractivity contribution is -0.137. The van der Waals surface area contributed by atoms with Gasteiger partial charge in [-0.1, -0.05) is 22.9 Å². The molecular formula is C15H15BrF3NO. The van der Waals surface area contributed by atoms with E-state index in [9.17, 15) is 13.2 Å². The highest BCUT2D eigenvalue weighted by atomic mass is 79.9. The SMILES string of the molecule is CCCNCc1ccc(-c2cc(C(F)(F)F)ccc2Br)o1. The van der Waals surface area contributed by atoms with Crippen molar-refractivity contribution in [2.24, 2.45) is 0 Å². The molecule has 0 bridgehead atoms. The van der Waals surface area contributed by atoms with E-state index in [2.05, 4.69) is 28.2 Å². The van der Waals surface area contributed by atoms with Crippen LogP contribution in [0.2, 0.25) is 0 Å². The van der Waals surface area contributed by atoms with Crippen LogP contribution < -0.4 is 5.32 Å². The molecule has 1 N–H and O–H groups in total. The summed E-state index contributed by atoms with van der Waals surface area (Å²) in [6.07, 6.45) is -3.36. The van der Waals surface area contributed by atoms with E-state index in [4.69, 9.17) is 4.42 Å². The van der Waals surface area contributed by atoms with Crippen molar-refractivity contribution < 1.29 is 17.6 Å². The molecule has 0 aliphatic heterocycles. The van der Waals surface area contributed by atoms with Gasteiger partial charge >= 0.3 is 6.18 Å². The summed E-state index contributed by atoms with van der Waals surface area (Å²) in [5, 5.41) is 3.18. The van der Waals surface area contributed by atoms with Crippen molar-refractivity contribution in [2.45, 2.75) is 26.1 Å².